The van der Waals surface area contributed by atoms with Gasteiger partial charge in [0.15, 0.2) is 0 Å². The van der Waals surface area contributed by atoms with E-state index in [0.29, 0.717) is 0 Å². The predicted octanol–water partition coefficient (Wildman–Crippen LogP) is 2.11. The van der Waals surface area contributed by atoms with E-state index in [0.717, 1.165) is 51.6 Å². The van der Waals surface area contributed by atoms with Crippen molar-refractivity contribution in [2.75, 3.05) is 19.7 Å². The van der Waals surface area contributed by atoms with Gasteiger partial charge in [-0.25, -0.2) is 0 Å². The first-order chi connectivity index (χ1) is 8.49. The van der Waals surface area contributed by atoms with Crippen molar-refractivity contribution in [2.45, 2.75) is 58.4 Å². The quantitative estimate of drug-likeness (QED) is 0.686. The molecule has 1 aliphatic rings. The van der Waals surface area contributed by atoms with Gasteiger partial charge in [-0.1, -0.05) is 26.7 Å². The summed E-state index contributed by atoms with van der Waals surface area (Å²) in [5.74, 6) is -0.685. The van der Waals surface area contributed by atoms with Gasteiger partial charge in [-0.3, -0.25) is 9.69 Å². The molecule has 0 aromatic carbocycles. The number of carboxylic acids is 1. The molecule has 1 aliphatic heterocycles. The number of carbonyl (C=O) groups is 1. The minimum atomic E-state index is -0.685. The van der Waals surface area contributed by atoms with Crippen molar-refractivity contribution in [3.05, 3.63) is 0 Å². The summed E-state index contributed by atoms with van der Waals surface area (Å²) in [4.78, 5) is 13.6. The summed E-state index contributed by atoms with van der Waals surface area (Å²) in [5.41, 5.74) is -0.130. The third-order valence-electron chi connectivity index (χ3n) is 3.96. The summed E-state index contributed by atoms with van der Waals surface area (Å²) in [6.45, 7) is 6.15. The van der Waals surface area contributed by atoms with Crippen LogP contribution in [0.4, 0.5) is 0 Å². The molecule has 106 valence electrons. The molecule has 4 heteroatoms. The molecule has 0 bridgehead atoms. The lowest BCUT2D eigenvalue weighted by atomic mass is 9.76. The normalized spacial score (nSPS) is 24.1. The first kappa shape index (κ1) is 15.4. The van der Waals surface area contributed by atoms with Crippen LogP contribution in [0.2, 0.25) is 0 Å². The molecule has 0 aromatic heterocycles. The van der Waals surface area contributed by atoms with E-state index < -0.39 is 5.97 Å². The Morgan fingerprint density at radius 2 is 1.94 bits per heavy atom. The van der Waals surface area contributed by atoms with Gasteiger partial charge in [0.2, 0.25) is 0 Å². The third kappa shape index (κ3) is 4.25. The number of rotatable bonds is 7. The number of aliphatic hydroxyl groups is 1. The van der Waals surface area contributed by atoms with Gasteiger partial charge < -0.3 is 10.2 Å². The molecule has 0 aliphatic carbocycles. The number of unbranched alkanes of at least 4 members (excludes halogenated alkanes) is 3. The van der Waals surface area contributed by atoms with Crippen LogP contribution in [0.5, 0.6) is 0 Å². The number of aliphatic carboxylic acids is 1. The van der Waals surface area contributed by atoms with Gasteiger partial charge in [-0.15, -0.1) is 0 Å². The van der Waals surface area contributed by atoms with E-state index in [1.54, 1.807) is 0 Å². The van der Waals surface area contributed by atoms with E-state index in [1.807, 2.05) is 0 Å². The third-order valence-corrected chi connectivity index (χ3v) is 3.96. The van der Waals surface area contributed by atoms with E-state index in [2.05, 4.69) is 18.7 Å². The molecule has 0 spiro atoms. The van der Waals surface area contributed by atoms with Crippen LogP contribution >= 0.6 is 0 Å². The Morgan fingerprint density at radius 1 is 1.28 bits per heavy atom. The van der Waals surface area contributed by atoms with E-state index in [1.165, 1.54) is 0 Å². The highest BCUT2D eigenvalue weighted by Crippen LogP contribution is 2.35. The fourth-order valence-electron chi connectivity index (χ4n) is 3.01. The van der Waals surface area contributed by atoms with Gasteiger partial charge in [0.1, 0.15) is 6.04 Å². The minimum Gasteiger partial charge on any atom is -0.480 e. The van der Waals surface area contributed by atoms with E-state index in [-0.39, 0.29) is 18.1 Å². The summed E-state index contributed by atoms with van der Waals surface area (Å²) >= 11 is 0. The SMILES string of the molecule is CC1(C)CCCN(CCCCCCO)C1C(=O)O. The molecule has 1 rings (SSSR count). The van der Waals surface area contributed by atoms with Crippen LogP contribution in [-0.2, 0) is 4.79 Å². The highest BCUT2D eigenvalue weighted by atomic mass is 16.4. The fraction of sp³-hybridized carbons (Fsp3) is 0.929. The Morgan fingerprint density at radius 3 is 2.56 bits per heavy atom. The highest BCUT2D eigenvalue weighted by Gasteiger charge is 2.41. The monoisotopic (exact) mass is 257 g/mol. The smallest absolute Gasteiger partial charge is 0.321 e. The number of hydrogen-bond donors (Lipinski definition) is 2. The second kappa shape index (κ2) is 7.10. The van der Waals surface area contributed by atoms with Crippen molar-refractivity contribution in [3.8, 4) is 0 Å². The minimum absolute atomic E-state index is 0.130. The lowest BCUT2D eigenvalue weighted by Gasteiger charge is -2.44. The van der Waals surface area contributed by atoms with Crippen LogP contribution in [0, 0.1) is 5.41 Å². The Labute approximate surface area is 110 Å². The number of likely N-dealkylation sites (tertiary alicyclic amines) is 1. The Hall–Kier alpha value is -0.610. The molecule has 0 saturated carbocycles. The highest BCUT2D eigenvalue weighted by molar-refractivity contribution is 5.74. The fourth-order valence-corrected chi connectivity index (χ4v) is 3.01. The number of carboxylic acid groups (broad SMARTS) is 1. The molecule has 0 aromatic rings. The lowest BCUT2D eigenvalue weighted by Crippen LogP contribution is -2.54. The molecule has 1 saturated heterocycles. The average Bonchev–Trinajstić information content (AvgIpc) is 2.27. The first-order valence-electron chi connectivity index (χ1n) is 7.07. The molecule has 0 radical (unpaired) electrons. The van der Waals surface area contributed by atoms with Crippen molar-refractivity contribution in [1.29, 1.82) is 0 Å². The van der Waals surface area contributed by atoms with Gasteiger partial charge in [0.25, 0.3) is 0 Å². The van der Waals surface area contributed by atoms with Crippen LogP contribution in [0.1, 0.15) is 52.4 Å². The second-order valence-electron chi connectivity index (χ2n) is 6.01. The Bertz CT molecular complexity index is 266. The molecule has 1 atom stereocenters. The van der Waals surface area contributed by atoms with Crippen LogP contribution in [-0.4, -0.2) is 46.8 Å². The zero-order valence-corrected chi connectivity index (χ0v) is 11.7. The molecule has 1 unspecified atom stereocenters. The molecule has 18 heavy (non-hydrogen) atoms. The van der Waals surface area contributed by atoms with Crippen LogP contribution in [0.3, 0.4) is 0 Å². The predicted molar refractivity (Wildman–Crippen MR) is 71.6 cm³/mol. The number of aliphatic hydroxyl groups excluding tert-OH is 1. The number of piperidine rings is 1. The first-order valence-corrected chi connectivity index (χ1v) is 7.07. The van der Waals surface area contributed by atoms with Crippen molar-refractivity contribution in [2.24, 2.45) is 5.41 Å². The lowest BCUT2D eigenvalue weighted by molar-refractivity contribution is -0.150. The van der Waals surface area contributed by atoms with Gasteiger partial charge in [-0.2, -0.15) is 0 Å². The molecule has 0 amide bonds. The van der Waals surface area contributed by atoms with E-state index in [9.17, 15) is 9.90 Å². The Kier molecular flexibility index (Phi) is 6.09. The van der Waals surface area contributed by atoms with E-state index >= 15 is 0 Å². The molecule has 4 nitrogen and oxygen atoms in total. The molecular formula is C14H27NO3. The van der Waals surface area contributed by atoms with E-state index in [4.69, 9.17) is 5.11 Å². The molecule has 1 heterocycles. The maximum absolute atomic E-state index is 11.4. The van der Waals surface area contributed by atoms with Gasteiger partial charge in [0.05, 0.1) is 0 Å². The summed E-state index contributed by atoms with van der Waals surface area (Å²) in [7, 11) is 0. The topological polar surface area (TPSA) is 60.8 Å². The zero-order chi connectivity index (χ0) is 13.6. The summed E-state index contributed by atoms with van der Waals surface area (Å²) in [5, 5.41) is 18.1. The largest absolute Gasteiger partial charge is 0.480 e. The van der Waals surface area contributed by atoms with Gasteiger partial charge in [-0.05, 0) is 44.2 Å². The van der Waals surface area contributed by atoms with Crippen molar-refractivity contribution < 1.29 is 15.0 Å². The van der Waals surface area contributed by atoms with Crippen molar-refractivity contribution in [1.82, 2.24) is 4.90 Å². The summed E-state index contributed by atoms with van der Waals surface area (Å²) < 4.78 is 0. The molecule has 1 fully saturated rings. The molecular weight excluding hydrogens is 230 g/mol. The van der Waals surface area contributed by atoms with Crippen molar-refractivity contribution in [3.63, 3.8) is 0 Å². The second-order valence-corrected chi connectivity index (χ2v) is 6.01. The Balaban J connectivity index is 2.44. The number of nitrogens with zero attached hydrogens (tertiary/aromatic N) is 1. The van der Waals surface area contributed by atoms with Crippen molar-refractivity contribution >= 4 is 5.97 Å². The average molecular weight is 257 g/mol. The maximum Gasteiger partial charge on any atom is 0.321 e. The van der Waals surface area contributed by atoms with Crippen LogP contribution in [0.15, 0.2) is 0 Å². The van der Waals surface area contributed by atoms with Crippen LogP contribution < -0.4 is 0 Å². The maximum atomic E-state index is 11.4. The number of hydrogen-bond acceptors (Lipinski definition) is 3. The van der Waals surface area contributed by atoms with Gasteiger partial charge in [0, 0.05) is 6.61 Å². The summed E-state index contributed by atoms with van der Waals surface area (Å²) in [6.07, 6.45) is 6.07. The van der Waals surface area contributed by atoms with Crippen LogP contribution in [0.25, 0.3) is 0 Å². The van der Waals surface area contributed by atoms with Gasteiger partial charge >= 0.3 is 5.97 Å². The standard InChI is InChI=1S/C14H27NO3/c1-14(2)8-7-10-15(12(14)13(17)18)9-5-3-4-6-11-16/h12,16H,3-11H2,1-2H3,(H,17,18). The molecule has 2 N–H and O–H groups in total. The summed E-state index contributed by atoms with van der Waals surface area (Å²) in [6, 6.07) is -0.343. The zero-order valence-electron chi connectivity index (χ0n) is 11.7.